The summed E-state index contributed by atoms with van der Waals surface area (Å²) in [6.45, 7) is 4.12. The van der Waals surface area contributed by atoms with Gasteiger partial charge in [0.25, 0.3) is 0 Å². The predicted octanol–water partition coefficient (Wildman–Crippen LogP) is 1.45. The second-order valence-corrected chi connectivity index (χ2v) is 6.36. The molecule has 0 aliphatic rings. The van der Waals surface area contributed by atoms with Crippen molar-refractivity contribution in [1.29, 1.82) is 0 Å². The molecule has 2 amide bonds. The number of carbonyl (C=O) groups excluding carboxylic acids is 2. The first kappa shape index (κ1) is 18.6. The highest BCUT2D eigenvalue weighted by Gasteiger charge is 2.11. The van der Waals surface area contributed by atoms with Gasteiger partial charge in [-0.3, -0.25) is 14.2 Å². The average Bonchev–Trinajstić information content (AvgIpc) is 3.06. The third-order valence-electron chi connectivity index (χ3n) is 3.40. The highest BCUT2D eigenvalue weighted by molar-refractivity contribution is 7.99. The number of aryl methyl sites for hydroxylation is 2. The van der Waals surface area contributed by atoms with E-state index in [0.717, 1.165) is 22.0 Å². The van der Waals surface area contributed by atoms with Crippen molar-refractivity contribution in [1.82, 2.24) is 20.2 Å². The molecule has 1 aromatic carbocycles. The molecule has 0 atom stereocenters. The van der Waals surface area contributed by atoms with Crippen LogP contribution >= 0.6 is 11.8 Å². The smallest absolute Gasteiger partial charge is 0.240 e. The summed E-state index contributed by atoms with van der Waals surface area (Å²) < 4.78 is 1.96. The van der Waals surface area contributed by atoms with Gasteiger partial charge in [-0.05, 0) is 31.0 Å². The SMILES string of the molecule is C#CCNC(=O)CNC(=O)CSc1nccn1-c1cc(C)ccc1C. The van der Waals surface area contributed by atoms with Crippen LogP contribution in [-0.4, -0.2) is 40.2 Å². The van der Waals surface area contributed by atoms with Crippen LogP contribution in [0, 0.1) is 26.2 Å². The molecular formula is C18H20N4O2S. The van der Waals surface area contributed by atoms with Crippen LogP contribution in [0.4, 0.5) is 0 Å². The van der Waals surface area contributed by atoms with Gasteiger partial charge < -0.3 is 10.6 Å². The van der Waals surface area contributed by atoms with Gasteiger partial charge in [-0.2, -0.15) is 0 Å². The Labute approximate surface area is 151 Å². The molecule has 0 radical (unpaired) electrons. The van der Waals surface area contributed by atoms with E-state index in [1.807, 2.05) is 24.6 Å². The van der Waals surface area contributed by atoms with Gasteiger partial charge in [0.15, 0.2) is 5.16 Å². The summed E-state index contributed by atoms with van der Waals surface area (Å²) in [4.78, 5) is 27.6. The maximum Gasteiger partial charge on any atom is 0.240 e. The molecule has 6 nitrogen and oxygen atoms in total. The zero-order chi connectivity index (χ0) is 18.2. The molecule has 2 rings (SSSR count). The van der Waals surface area contributed by atoms with Crippen LogP contribution in [0.5, 0.6) is 0 Å². The van der Waals surface area contributed by atoms with E-state index in [-0.39, 0.29) is 30.7 Å². The van der Waals surface area contributed by atoms with Crippen LogP contribution in [-0.2, 0) is 9.59 Å². The van der Waals surface area contributed by atoms with E-state index in [1.165, 1.54) is 11.8 Å². The Kier molecular flexibility index (Phi) is 6.66. The number of imidazole rings is 1. The zero-order valence-corrected chi connectivity index (χ0v) is 15.0. The number of rotatable bonds is 7. The summed E-state index contributed by atoms with van der Waals surface area (Å²) in [5, 5.41) is 5.77. The van der Waals surface area contributed by atoms with Crippen molar-refractivity contribution in [2.24, 2.45) is 0 Å². The lowest BCUT2D eigenvalue weighted by atomic mass is 10.1. The molecule has 2 N–H and O–H groups in total. The molecule has 1 aromatic heterocycles. The highest BCUT2D eigenvalue weighted by Crippen LogP contribution is 2.23. The maximum atomic E-state index is 11.9. The number of aromatic nitrogens is 2. The van der Waals surface area contributed by atoms with Crippen LogP contribution in [0.2, 0.25) is 0 Å². The number of hydrogen-bond donors (Lipinski definition) is 2. The van der Waals surface area contributed by atoms with Crippen LogP contribution in [0.15, 0.2) is 35.7 Å². The van der Waals surface area contributed by atoms with Gasteiger partial charge in [-0.25, -0.2) is 4.98 Å². The molecule has 25 heavy (non-hydrogen) atoms. The number of nitrogens with one attached hydrogen (secondary N) is 2. The summed E-state index contributed by atoms with van der Waals surface area (Å²) in [6, 6.07) is 6.19. The minimum absolute atomic E-state index is 0.0908. The normalized spacial score (nSPS) is 10.1. The molecule has 0 aliphatic heterocycles. The van der Waals surface area contributed by atoms with E-state index in [2.05, 4.69) is 39.7 Å². The van der Waals surface area contributed by atoms with E-state index >= 15 is 0 Å². The molecule has 0 unspecified atom stereocenters. The summed E-state index contributed by atoms with van der Waals surface area (Å²) in [7, 11) is 0. The summed E-state index contributed by atoms with van der Waals surface area (Å²) in [5.74, 6) is 1.92. The fourth-order valence-electron chi connectivity index (χ4n) is 2.13. The minimum atomic E-state index is -0.312. The maximum absolute atomic E-state index is 11.9. The van der Waals surface area contributed by atoms with E-state index < -0.39 is 0 Å². The first-order valence-corrected chi connectivity index (χ1v) is 8.70. The molecule has 2 aromatic rings. The zero-order valence-electron chi connectivity index (χ0n) is 14.2. The molecule has 0 bridgehead atoms. The molecule has 0 aliphatic carbocycles. The van der Waals surface area contributed by atoms with Gasteiger partial charge in [0.05, 0.1) is 24.5 Å². The summed E-state index contributed by atoms with van der Waals surface area (Å²) in [5.41, 5.74) is 3.31. The molecule has 1 heterocycles. The van der Waals surface area contributed by atoms with Crippen molar-refractivity contribution in [2.75, 3.05) is 18.8 Å². The Morgan fingerprint density at radius 1 is 1.28 bits per heavy atom. The number of benzene rings is 1. The van der Waals surface area contributed by atoms with Gasteiger partial charge in [0, 0.05) is 12.4 Å². The fourth-order valence-corrected chi connectivity index (χ4v) is 2.93. The molecule has 0 saturated carbocycles. The van der Waals surface area contributed by atoms with Crippen molar-refractivity contribution in [3.8, 4) is 18.0 Å². The van der Waals surface area contributed by atoms with Gasteiger partial charge in [-0.15, -0.1) is 6.42 Å². The van der Waals surface area contributed by atoms with Gasteiger partial charge in [-0.1, -0.05) is 29.8 Å². The lowest BCUT2D eigenvalue weighted by Gasteiger charge is -2.11. The molecule has 0 spiro atoms. The van der Waals surface area contributed by atoms with Crippen LogP contribution in [0.25, 0.3) is 5.69 Å². The fraction of sp³-hybridized carbons (Fsp3) is 0.278. The minimum Gasteiger partial charge on any atom is -0.346 e. The van der Waals surface area contributed by atoms with Crippen molar-refractivity contribution < 1.29 is 9.59 Å². The Hall–Kier alpha value is -2.72. The third-order valence-corrected chi connectivity index (χ3v) is 4.36. The average molecular weight is 356 g/mol. The third kappa shape index (κ3) is 5.40. The molecule has 0 fully saturated rings. The van der Waals surface area contributed by atoms with E-state index in [9.17, 15) is 9.59 Å². The standard InChI is InChI=1S/C18H20N4O2S/c1-4-7-19-16(23)11-21-17(24)12-25-18-20-8-9-22(18)15-10-13(2)5-6-14(15)3/h1,5-6,8-10H,7,11-12H2,2-3H3,(H,19,23)(H,21,24). The Morgan fingerprint density at radius 2 is 2.08 bits per heavy atom. The largest absolute Gasteiger partial charge is 0.346 e. The van der Waals surface area contributed by atoms with Crippen LogP contribution < -0.4 is 10.6 Å². The molecular weight excluding hydrogens is 336 g/mol. The van der Waals surface area contributed by atoms with Crippen molar-refractivity contribution in [2.45, 2.75) is 19.0 Å². The monoisotopic (exact) mass is 356 g/mol. The number of carbonyl (C=O) groups is 2. The number of hydrogen-bond acceptors (Lipinski definition) is 4. The number of thioether (sulfide) groups is 1. The van der Waals surface area contributed by atoms with Gasteiger partial charge in [0.1, 0.15) is 0 Å². The molecule has 0 saturated heterocycles. The Bertz CT molecular complexity index is 808. The quantitative estimate of drug-likeness (QED) is 0.582. The number of amides is 2. The van der Waals surface area contributed by atoms with Crippen LogP contribution in [0.1, 0.15) is 11.1 Å². The van der Waals surface area contributed by atoms with Crippen molar-refractivity contribution in [3.05, 3.63) is 41.7 Å². The van der Waals surface area contributed by atoms with E-state index in [4.69, 9.17) is 6.42 Å². The second-order valence-electron chi connectivity index (χ2n) is 5.42. The number of nitrogens with zero attached hydrogens (tertiary/aromatic N) is 2. The molecule has 7 heteroatoms. The highest BCUT2D eigenvalue weighted by atomic mass is 32.2. The number of terminal acetylenes is 1. The summed E-state index contributed by atoms with van der Waals surface area (Å²) in [6.07, 6.45) is 8.63. The lowest BCUT2D eigenvalue weighted by molar-refractivity contribution is -0.124. The van der Waals surface area contributed by atoms with Crippen molar-refractivity contribution in [3.63, 3.8) is 0 Å². The Morgan fingerprint density at radius 3 is 2.84 bits per heavy atom. The summed E-state index contributed by atoms with van der Waals surface area (Å²) >= 11 is 1.32. The van der Waals surface area contributed by atoms with Crippen LogP contribution in [0.3, 0.4) is 0 Å². The van der Waals surface area contributed by atoms with Crippen molar-refractivity contribution >= 4 is 23.6 Å². The molecule has 130 valence electrons. The Balaban J connectivity index is 1.93. The topological polar surface area (TPSA) is 76.0 Å². The first-order chi connectivity index (χ1) is 12.0. The lowest BCUT2D eigenvalue weighted by Crippen LogP contribution is -2.37. The van der Waals surface area contributed by atoms with Gasteiger partial charge in [0.2, 0.25) is 11.8 Å². The predicted molar refractivity (Wildman–Crippen MR) is 98.6 cm³/mol. The second kappa shape index (κ2) is 8.94. The van der Waals surface area contributed by atoms with E-state index in [1.54, 1.807) is 6.20 Å². The van der Waals surface area contributed by atoms with Gasteiger partial charge >= 0.3 is 0 Å². The van der Waals surface area contributed by atoms with E-state index in [0.29, 0.717) is 0 Å². The first-order valence-electron chi connectivity index (χ1n) is 7.72.